The van der Waals surface area contributed by atoms with Gasteiger partial charge in [0.1, 0.15) is 6.04 Å². The van der Waals surface area contributed by atoms with E-state index in [1.54, 1.807) is 4.90 Å². The second-order valence-electron chi connectivity index (χ2n) is 8.67. The van der Waals surface area contributed by atoms with Gasteiger partial charge in [0.15, 0.2) is 0 Å². The Morgan fingerprint density at radius 2 is 1.79 bits per heavy atom. The lowest BCUT2D eigenvalue weighted by atomic mass is 9.96. The summed E-state index contributed by atoms with van der Waals surface area (Å²) in [5.41, 5.74) is 2.56. The second-order valence-corrected chi connectivity index (χ2v) is 8.67. The van der Waals surface area contributed by atoms with Gasteiger partial charge >= 0.3 is 0 Å². The Bertz CT molecular complexity index is 742. The number of likely N-dealkylation sites (N-methyl/N-ethyl adjacent to an activating group) is 1. The summed E-state index contributed by atoms with van der Waals surface area (Å²) in [7, 11) is 1.83. The standard InChI is InChI=1S/C23H34N4O2/c1-25-21-17-18(10-11-19(21)27-16-7-4-9-20(27)23(25)29)22(28)24-12-8-15-26-13-5-2-3-6-14-26/h10-11,17,20H,2-9,12-16H2,1H3,(H,24,28)/t20-/m1/s1. The van der Waals surface area contributed by atoms with Crippen LogP contribution in [0, 0.1) is 0 Å². The van der Waals surface area contributed by atoms with E-state index in [0.717, 1.165) is 50.1 Å². The lowest BCUT2D eigenvalue weighted by Gasteiger charge is -2.44. The van der Waals surface area contributed by atoms with E-state index in [9.17, 15) is 9.59 Å². The molecule has 0 bridgehead atoms. The van der Waals surface area contributed by atoms with Crippen molar-refractivity contribution < 1.29 is 9.59 Å². The van der Waals surface area contributed by atoms with Gasteiger partial charge in [-0.05, 0) is 76.4 Å². The van der Waals surface area contributed by atoms with Crippen LogP contribution >= 0.6 is 0 Å². The van der Waals surface area contributed by atoms with Crippen molar-refractivity contribution in [3.63, 3.8) is 0 Å². The van der Waals surface area contributed by atoms with Crippen molar-refractivity contribution in [1.82, 2.24) is 10.2 Å². The van der Waals surface area contributed by atoms with Crippen molar-refractivity contribution in [2.24, 2.45) is 0 Å². The minimum absolute atomic E-state index is 0.0417. The van der Waals surface area contributed by atoms with Gasteiger partial charge in [0, 0.05) is 25.7 Å². The highest BCUT2D eigenvalue weighted by atomic mass is 16.2. The van der Waals surface area contributed by atoms with Gasteiger partial charge in [-0.3, -0.25) is 9.59 Å². The third-order valence-electron chi connectivity index (χ3n) is 6.66. The molecule has 158 valence electrons. The number of piperidine rings is 1. The molecule has 6 nitrogen and oxygen atoms in total. The van der Waals surface area contributed by atoms with Gasteiger partial charge in [-0.2, -0.15) is 0 Å². The summed E-state index contributed by atoms with van der Waals surface area (Å²) >= 11 is 0. The van der Waals surface area contributed by atoms with E-state index in [2.05, 4.69) is 15.1 Å². The van der Waals surface area contributed by atoms with E-state index in [-0.39, 0.29) is 17.9 Å². The van der Waals surface area contributed by atoms with Crippen LogP contribution in [0.5, 0.6) is 0 Å². The first-order valence-electron chi connectivity index (χ1n) is 11.3. The zero-order chi connectivity index (χ0) is 20.2. The number of amides is 2. The second kappa shape index (κ2) is 9.16. The van der Waals surface area contributed by atoms with Crippen LogP contribution in [-0.2, 0) is 4.79 Å². The molecule has 2 saturated heterocycles. The first-order valence-corrected chi connectivity index (χ1v) is 11.3. The molecule has 29 heavy (non-hydrogen) atoms. The SMILES string of the molecule is CN1C(=O)[C@H]2CCCCN2c2ccc(C(=O)NCCCN3CCCCCC3)cc21. The molecular weight excluding hydrogens is 364 g/mol. The third kappa shape index (κ3) is 4.42. The zero-order valence-corrected chi connectivity index (χ0v) is 17.7. The fourth-order valence-corrected chi connectivity index (χ4v) is 4.96. The van der Waals surface area contributed by atoms with Crippen LogP contribution < -0.4 is 15.1 Å². The maximum absolute atomic E-state index is 12.8. The number of carbonyl (C=O) groups excluding carboxylic acids is 2. The van der Waals surface area contributed by atoms with E-state index < -0.39 is 0 Å². The maximum Gasteiger partial charge on any atom is 0.251 e. The molecule has 4 rings (SSSR count). The number of carbonyl (C=O) groups is 2. The van der Waals surface area contributed by atoms with Gasteiger partial charge in [0.2, 0.25) is 5.91 Å². The number of likely N-dealkylation sites (tertiary alicyclic amines) is 1. The Hall–Kier alpha value is -2.08. The maximum atomic E-state index is 12.8. The number of nitrogens with one attached hydrogen (secondary N) is 1. The average molecular weight is 399 g/mol. The molecule has 1 atom stereocenters. The molecule has 0 spiro atoms. The molecule has 2 amide bonds. The molecule has 1 aromatic rings. The smallest absolute Gasteiger partial charge is 0.251 e. The normalized spacial score (nSPS) is 22.7. The van der Waals surface area contributed by atoms with E-state index in [0.29, 0.717) is 12.1 Å². The van der Waals surface area contributed by atoms with Gasteiger partial charge in [-0.25, -0.2) is 0 Å². The highest BCUT2D eigenvalue weighted by molar-refractivity contribution is 6.07. The van der Waals surface area contributed by atoms with Gasteiger partial charge < -0.3 is 20.0 Å². The topological polar surface area (TPSA) is 55.9 Å². The van der Waals surface area contributed by atoms with Crippen molar-refractivity contribution in [3.8, 4) is 0 Å². The summed E-state index contributed by atoms with van der Waals surface area (Å²) in [4.78, 5) is 31.9. The van der Waals surface area contributed by atoms with E-state index >= 15 is 0 Å². The van der Waals surface area contributed by atoms with Crippen LogP contribution in [0.4, 0.5) is 11.4 Å². The lowest BCUT2D eigenvalue weighted by molar-refractivity contribution is -0.120. The average Bonchev–Trinajstić information content (AvgIpc) is 3.03. The fraction of sp³-hybridized carbons (Fsp3) is 0.652. The van der Waals surface area contributed by atoms with Crippen molar-refractivity contribution >= 4 is 23.2 Å². The predicted octanol–water partition coefficient (Wildman–Crippen LogP) is 3.02. The molecule has 0 unspecified atom stereocenters. The highest BCUT2D eigenvalue weighted by Crippen LogP contribution is 2.39. The molecule has 6 heteroatoms. The monoisotopic (exact) mass is 398 g/mol. The van der Waals surface area contributed by atoms with Crippen molar-refractivity contribution in [2.75, 3.05) is 49.6 Å². The number of rotatable bonds is 5. The molecular formula is C23H34N4O2. The molecule has 1 N–H and O–H groups in total. The Kier molecular flexibility index (Phi) is 6.38. The first kappa shape index (κ1) is 20.2. The van der Waals surface area contributed by atoms with Crippen molar-refractivity contribution in [2.45, 2.75) is 57.4 Å². The zero-order valence-electron chi connectivity index (χ0n) is 17.7. The summed E-state index contributed by atoms with van der Waals surface area (Å²) in [6, 6.07) is 5.75. The van der Waals surface area contributed by atoms with Crippen LogP contribution in [0.3, 0.4) is 0 Å². The van der Waals surface area contributed by atoms with Crippen LogP contribution in [0.1, 0.15) is 61.7 Å². The van der Waals surface area contributed by atoms with Gasteiger partial charge in [0.05, 0.1) is 11.4 Å². The quantitative estimate of drug-likeness (QED) is 0.775. The summed E-state index contributed by atoms with van der Waals surface area (Å²) in [6.07, 6.45) is 9.41. The number of nitrogens with zero attached hydrogens (tertiary/aromatic N) is 3. The molecule has 3 aliphatic heterocycles. The first-order chi connectivity index (χ1) is 14.1. The lowest BCUT2D eigenvalue weighted by Crippen LogP contribution is -2.54. The van der Waals surface area contributed by atoms with Crippen LogP contribution in [0.25, 0.3) is 0 Å². The van der Waals surface area contributed by atoms with Gasteiger partial charge in [-0.1, -0.05) is 12.8 Å². The summed E-state index contributed by atoms with van der Waals surface area (Å²) < 4.78 is 0. The third-order valence-corrected chi connectivity index (χ3v) is 6.66. The van der Waals surface area contributed by atoms with Crippen LogP contribution in [0.2, 0.25) is 0 Å². The van der Waals surface area contributed by atoms with Gasteiger partial charge in [0.25, 0.3) is 5.91 Å². The molecule has 2 fully saturated rings. The van der Waals surface area contributed by atoms with Crippen LogP contribution in [-0.4, -0.2) is 62.5 Å². The van der Waals surface area contributed by atoms with Crippen molar-refractivity contribution in [3.05, 3.63) is 23.8 Å². The van der Waals surface area contributed by atoms with E-state index in [1.165, 1.54) is 38.8 Å². The van der Waals surface area contributed by atoms with E-state index in [4.69, 9.17) is 0 Å². The van der Waals surface area contributed by atoms with E-state index in [1.807, 2.05) is 25.2 Å². The molecule has 0 aromatic heterocycles. The molecule has 0 aliphatic carbocycles. The minimum atomic E-state index is -0.0507. The molecule has 0 saturated carbocycles. The number of benzene rings is 1. The fourth-order valence-electron chi connectivity index (χ4n) is 4.96. The minimum Gasteiger partial charge on any atom is -0.358 e. The summed E-state index contributed by atoms with van der Waals surface area (Å²) in [5, 5.41) is 3.06. The van der Waals surface area contributed by atoms with Crippen molar-refractivity contribution in [1.29, 1.82) is 0 Å². The largest absolute Gasteiger partial charge is 0.358 e. The molecule has 1 aromatic carbocycles. The van der Waals surface area contributed by atoms with Crippen LogP contribution in [0.15, 0.2) is 18.2 Å². The Morgan fingerprint density at radius 3 is 2.59 bits per heavy atom. The Labute approximate surface area is 174 Å². The number of hydrogen-bond donors (Lipinski definition) is 1. The number of hydrogen-bond acceptors (Lipinski definition) is 4. The number of fused-ring (bicyclic) bond motifs is 3. The molecule has 3 heterocycles. The predicted molar refractivity (Wildman–Crippen MR) is 117 cm³/mol. The van der Waals surface area contributed by atoms with Gasteiger partial charge in [-0.15, -0.1) is 0 Å². The Balaban J connectivity index is 1.35. The number of anilines is 2. The Morgan fingerprint density at radius 1 is 1.03 bits per heavy atom. The summed E-state index contributed by atoms with van der Waals surface area (Å²) in [5.74, 6) is 0.0949. The highest BCUT2D eigenvalue weighted by Gasteiger charge is 2.37. The molecule has 0 radical (unpaired) electrons. The molecule has 3 aliphatic rings. The summed E-state index contributed by atoms with van der Waals surface area (Å²) in [6.45, 7) is 5.04.